The molecule has 4 heteroatoms. The van der Waals surface area contributed by atoms with Gasteiger partial charge in [-0.15, -0.1) is 11.6 Å². The smallest absolute Gasteiger partial charge is 0.125 e. The van der Waals surface area contributed by atoms with Crippen molar-refractivity contribution in [3.05, 3.63) is 24.0 Å². The summed E-state index contributed by atoms with van der Waals surface area (Å²) in [5.41, 5.74) is 2.10. The van der Waals surface area contributed by atoms with E-state index < -0.39 is 0 Å². The number of nitrogens with zero attached hydrogens (tertiary/aromatic N) is 2. The molecule has 0 radical (unpaired) electrons. The third-order valence-corrected chi connectivity index (χ3v) is 4.17. The third-order valence-electron chi connectivity index (χ3n) is 3.93. The van der Waals surface area contributed by atoms with Crippen LogP contribution in [-0.2, 0) is 5.88 Å². The first-order chi connectivity index (χ1) is 10.1. The summed E-state index contributed by atoms with van der Waals surface area (Å²) in [5, 5.41) is 0. The third kappa shape index (κ3) is 3.70. The quantitative estimate of drug-likeness (QED) is 0.660. The number of imidazole rings is 1. The number of hydrogen-bond donors (Lipinski definition) is 0. The Morgan fingerprint density at radius 2 is 2.00 bits per heavy atom. The standard InChI is InChI=1S/C17H25ClN2O/c1-12(2)6-5-7-13(3)20-16-9-8-14(21-4)10-15(16)19-17(20)11-18/h8-10,12-13H,5-7,11H2,1-4H3. The second-order valence-corrected chi connectivity index (χ2v) is 6.33. The van der Waals surface area contributed by atoms with E-state index in [2.05, 4.69) is 36.4 Å². The van der Waals surface area contributed by atoms with Crippen LogP contribution in [0.25, 0.3) is 11.0 Å². The average Bonchev–Trinajstić information content (AvgIpc) is 2.84. The normalized spacial score (nSPS) is 13.0. The molecule has 1 aromatic carbocycles. The molecule has 2 aromatic rings. The lowest BCUT2D eigenvalue weighted by atomic mass is 10.0. The van der Waals surface area contributed by atoms with Gasteiger partial charge in [0.2, 0.25) is 0 Å². The lowest BCUT2D eigenvalue weighted by Gasteiger charge is -2.17. The van der Waals surface area contributed by atoms with Crippen molar-refractivity contribution >= 4 is 22.6 Å². The summed E-state index contributed by atoms with van der Waals surface area (Å²) in [6, 6.07) is 6.45. The molecular formula is C17H25ClN2O. The molecule has 21 heavy (non-hydrogen) atoms. The molecule has 0 fully saturated rings. The number of methoxy groups -OCH3 is 1. The number of benzene rings is 1. The van der Waals surface area contributed by atoms with E-state index in [1.165, 1.54) is 12.8 Å². The maximum Gasteiger partial charge on any atom is 0.125 e. The molecule has 1 unspecified atom stereocenters. The van der Waals surface area contributed by atoms with Gasteiger partial charge in [0.15, 0.2) is 0 Å². The number of fused-ring (bicyclic) bond motifs is 1. The molecule has 3 nitrogen and oxygen atoms in total. The van der Waals surface area contributed by atoms with Crippen molar-refractivity contribution in [1.29, 1.82) is 0 Å². The highest BCUT2D eigenvalue weighted by Crippen LogP contribution is 2.28. The fourth-order valence-corrected chi connectivity index (χ4v) is 2.98. The molecule has 0 N–H and O–H groups in total. The largest absolute Gasteiger partial charge is 0.497 e. The van der Waals surface area contributed by atoms with E-state index in [4.69, 9.17) is 16.3 Å². The zero-order valence-electron chi connectivity index (χ0n) is 13.4. The minimum Gasteiger partial charge on any atom is -0.497 e. The minimum absolute atomic E-state index is 0.413. The predicted octanol–water partition coefficient (Wildman–Crippen LogP) is 5.17. The first kappa shape index (κ1) is 16.2. The highest BCUT2D eigenvalue weighted by Gasteiger charge is 2.15. The van der Waals surface area contributed by atoms with Gasteiger partial charge in [0, 0.05) is 12.1 Å². The van der Waals surface area contributed by atoms with Crippen molar-refractivity contribution in [2.75, 3.05) is 7.11 Å². The molecule has 116 valence electrons. The second-order valence-electron chi connectivity index (χ2n) is 6.06. The minimum atomic E-state index is 0.413. The second kappa shape index (κ2) is 7.17. The first-order valence-electron chi connectivity index (χ1n) is 7.67. The van der Waals surface area contributed by atoms with Gasteiger partial charge in [-0.05, 0) is 31.4 Å². The Hall–Kier alpha value is -1.22. The Labute approximate surface area is 132 Å². The van der Waals surface area contributed by atoms with Crippen LogP contribution in [0.2, 0.25) is 0 Å². The van der Waals surface area contributed by atoms with Crippen LogP contribution < -0.4 is 4.74 Å². The number of halogens is 1. The monoisotopic (exact) mass is 308 g/mol. The summed E-state index contributed by atoms with van der Waals surface area (Å²) < 4.78 is 7.55. The summed E-state index contributed by atoms with van der Waals surface area (Å²) in [5.74, 6) is 2.97. The van der Waals surface area contributed by atoms with Gasteiger partial charge in [0.05, 0.1) is 24.0 Å². The zero-order valence-corrected chi connectivity index (χ0v) is 14.2. The van der Waals surface area contributed by atoms with Crippen molar-refractivity contribution in [3.8, 4) is 5.75 Å². The molecule has 2 rings (SSSR count). The molecule has 1 atom stereocenters. The highest BCUT2D eigenvalue weighted by molar-refractivity contribution is 6.16. The van der Waals surface area contributed by atoms with E-state index in [1.807, 2.05) is 12.1 Å². The Kier molecular flexibility index (Phi) is 5.51. The molecule has 1 aromatic heterocycles. The van der Waals surface area contributed by atoms with E-state index in [-0.39, 0.29) is 0 Å². The average molecular weight is 309 g/mol. The van der Waals surface area contributed by atoms with Gasteiger partial charge < -0.3 is 9.30 Å². The van der Waals surface area contributed by atoms with Gasteiger partial charge in [-0.2, -0.15) is 0 Å². The molecular weight excluding hydrogens is 284 g/mol. The van der Waals surface area contributed by atoms with E-state index >= 15 is 0 Å². The molecule has 0 saturated carbocycles. The maximum atomic E-state index is 6.09. The lowest BCUT2D eigenvalue weighted by molar-refractivity contribution is 0.415. The van der Waals surface area contributed by atoms with Crippen molar-refractivity contribution in [1.82, 2.24) is 9.55 Å². The van der Waals surface area contributed by atoms with Crippen LogP contribution in [0.4, 0.5) is 0 Å². The van der Waals surface area contributed by atoms with Gasteiger partial charge in [-0.1, -0.05) is 26.7 Å². The number of ether oxygens (including phenoxy) is 1. The molecule has 0 saturated heterocycles. The topological polar surface area (TPSA) is 27.1 Å². The number of hydrogen-bond acceptors (Lipinski definition) is 2. The van der Waals surface area contributed by atoms with E-state index in [0.29, 0.717) is 11.9 Å². The Morgan fingerprint density at radius 1 is 1.24 bits per heavy atom. The number of alkyl halides is 1. The molecule has 0 aliphatic carbocycles. The fraction of sp³-hybridized carbons (Fsp3) is 0.588. The Balaban J connectivity index is 2.28. The van der Waals surface area contributed by atoms with Crippen LogP contribution in [0.1, 0.15) is 51.9 Å². The molecule has 0 spiro atoms. The van der Waals surface area contributed by atoms with Gasteiger partial charge in [-0.3, -0.25) is 0 Å². The van der Waals surface area contributed by atoms with Crippen LogP contribution in [0.5, 0.6) is 5.75 Å². The molecule has 0 aliphatic rings. The first-order valence-corrected chi connectivity index (χ1v) is 8.21. The van der Waals surface area contributed by atoms with Crippen LogP contribution in [0.3, 0.4) is 0 Å². The summed E-state index contributed by atoms with van der Waals surface area (Å²) in [6.07, 6.45) is 3.65. The van der Waals surface area contributed by atoms with E-state index in [1.54, 1.807) is 7.11 Å². The summed E-state index contributed by atoms with van der Waals surface area (Å²) >= 11 is 6.09. The van der Waals surface area contributed by atoms with Crippen molar-refractivity contribution in [2.45, 2.75) is 52.0 Å². The fourth-order valence-electron chi connectivity index (χ4n) is 2.79. The van der Waals surface area contributed by atoms with E-state index in [9.17, 15) is 0 Å². The Morgan fingerprint density at radius 3 is 2.62 bits per heavy atom. The summed E-state index contributed by atoms with van der Waals surface area (Å²) in [7, 11) is 1.68. The molecule has 0 amide bonds. The summed E-state index contributed by atoms with van der Waals surface area (Å²) in [4.78, 5) is 4.66. The molecule has 0 bridgehead atoms. The van der Waals surface area contributed by atoms with Gasteiger partial charge >= 0.3 is 0 Å². The Bertz CT molecular complexity index is 592. The van der Waals surface area contributed by atoms with E-state index in [0.717, 1.165) is 34.9 Å². The van der Waals surface area contributed by atoms with Gasteiger partial charge in [-0.25, -0.2) is 4.98 Å². The van der Waals surface area contributed by atoms with Crippen molar-refractivity contribution in [3.63, 3.8) is 0 Å². The van der Waals surface area contributed by atoms with Crippen LogP contribution in [-0.4, -0.2) is 16.7 Å². The molecule has 0 aliphatic heterocycles. The van der Waals surface area contributed by atoms with Crippen molar-refractivity contribution < 1.29 is 4.74 Å². The maximum absolute atomic E-state index is 6.09. The van der Waals surface area contributed by atoms with Crippen LogP contribution in [0, 0.1) is 5.92 Å². The summed E-state index contributed by atoms with van der Waals surface area (Å²) in [6.45, 7) is 6.79. The predicted molar refractivity (Wildman–Crippen MR) is 89.2 cm³/mol. The SMILES string of the molecule is COc1ccc2c(c1)nc(CCl)n2C(C)CCCC(C)C. The van der Waals surface area contributed by atoms with Gasteiger partial charge in [0.1, 0.15) is 11.6 Å². The van der Waals surface area contributed by atoms with Gasteiger partial charge in [0.25, 0.3) is 0 Å². The van der Waals surface area contributed by atoms with Crippen molar-refractivity contribution in [2.24, 2.45) is 5.92 Å². The molecule has 1 heterocycles. The lowest BCUT2D eigenvalue weighted by Crippen LogP contribution is -2.09. The zero-order chi connectivity index (χ0) is 15.4. The number of aromatic nitrogens is 2. The number of rotatable bonds is 7. The highest BCUT2D eigenvalue weighted by atomic mass is 35.5. The van der Waals surface area contributed by atoms with Crippen LogP contribution >= 0.6 is 11.6 Å². The van der Waals surface area contributed by atoms with Crippen LogP contribution in [0.15, 0.2) is 18.2 Å².